The van der Waals surface area contributed by atoms with Gasteiger partial charge in [0.1, 0.15) is 0 Å². The van der Waals surface area contributed by atoms with Crippen LogP contribution in [0.5, 0.6) is 0 Å². The van der Waals surface area contributed by atoms with Gasteiger partial charge in [0, 0.05) is 23.8 Å². The van der Waals surface area contributed by atoms with Gasteiger partial charge in [0.15, 0.2) is 11.5 Å². The maximum absolute atomic E-state index is 12.6. The molecule has 140 valence electrons. The average Bonchev–Trinajstić information content (AvgIpc) is 3.05. The molecule has 1 amide bonds. The van der Waals surface area contributed by atoms with E-state index in [0.29, 0.717) is 28.8 Å². The summed E-state index contributed by atoms with van der Waals surface area (Å²) in [6.07, 6.45) is 11.5. The van der Waals surface area contributed by atoms with Gasteiger partial charge in [0.05, 0.1) is 5.56 Å². The van der Waals surface area contributed by atoms with E-state index in [1.807, 2.05) is 36.5 Å². The standard InChI is InChI=1S/C21H23ClN4O/c22-17-10-8-16(9-11-17)19-20(25-26-14-4-13-23-21(19)26)24-18(27)12-7-15-5-2-1-3-6-15/h4,8-11,13-15H,1-3,5-7,12H2,(H,24,25,27). The predicted octanol–water partition coefficient (Wildman–Crippen LogP) is 5.35. The Morgan fingerprint density at radius 3 is 2.74 bits per heavy atom. The number of hydrogen-bond donors (Lipinski definition) is 1. The molecule has 3 aromatic rings. The Morgan fingerprint density at radius 1 is 1.19 bits per heavy atom. The number of carbonyl (C=O) groups excluding carboxylic acids is 1. The summed E-state index contributed by atoms with van der Waals surface area (Å²) in [7, 11) is 0. The van der Waals surface area contributed by atoms with Crippen molar-refractivity contribution in [3.05, 3.63) is 47.7 Å². The molecule has 1 aromatic carbocycles. The summed E-state index contributed by atoms with van der Waals surface area (Å²) < 4.78 is 1.70. The molecule has 2 aromatic heterocycles. The van der Waals surface area contributed by atoms with E-state index in [0.717, 1.165) is 17.5 Å². The zero-order chi connectivity index (χ0) is 18.6. The third kappa shape index (κ3) is 4.14. The second-order valence-electron chi connectivity index (χ2n) is 7.21. The maximum atomic E-state index is 12.6. The molecule has 1 fully saturated rings. The Labute approximate surface area is 163 Å². The highest BCUT2D eigenvalue weighted by molar-refractivity contribution is 6.30. The van der Waals surface area contributed by atoms with Crippen molar-refractivity contribution in [1.82, 2.24) is 14.6 Å². The van der Waals surface area contributed by atoms with E-state index in [1.165, 1.54) is 32.1 Å². The van der Waals surface area contributed by atoms with Gasteiger partial charge in [-0.2, -0.15) is 0 Å². The van der Waals surface area contributed by atoms with Crippen LogP contribution in [0.2, 0.25) is 5.02 Å². The van der Waals surface area contributed by atoms with E-state index in [4.69, 9.17) is 11.6 Å². The molecule has 0 unspecified atom stereocenters. The lowest BCUT2D eigenvalue weighted by molar-refractivity contribution is -0.116. The van der Waals surface area contributed by atoms with Crippen LogP contribution in [0, 0.1) is 5.92 Å². The van der Waals surface area contributed by atoms with Crippen molar-refractivity contribution in [2.75, 3.05) is 5.32 Å². The van der Waals surface area contributed by atoms with Gasteiger partial charge in [-0.05, 0) is 36.1 Å². The Hall–Kier alpha value is -2.40. The number of halogens is 1. The molecule has 0 aliphatic heterocycles. The quantitative estimate of drug-likeness (QED) is 0.647. The lowest BCUT2D eigenvalue weighted by Crippen LogP contribution is -2.15. The molecule has 6 heteroatoms. The lowest BCUT2D eigenvalue weighted by atomic mass is 9.86. The summed E-state index contributed by atoms with van der Waals surface area (Å²) in [5, 5.41) is 8.21. The minimum absolute atomic E-state index is 0.0131. The second kappa shape index (κ2) is 8.09. The van der Waals surface area contributed by atoms with E-state index in [-0.39, 0.29) is 5.91 Å². The van der Waals surface area contributed by atoms with Crippen LogP contribution in [-0.2, 0) is 4.79 Å². The Balaban J connectivity index is 1.56. The van der Waals surface area contributed by atoms with Crippen LogP contribution >= 0.6 is 11.6 Å². The number of amides is 1. The number of anilines is 1. The molecular formula is C21H23ClN4O. The number of rotatable bonds is 5. The van der Waals surface area contributed by atoms with Gasteiger partial charge in [0.25, 0.3) is 0 Å². The fourth-order valence-electron chi connectivity index (χ4n) is 3.86. The fourth-order valence-corrected chi connectivity index (χ4v) is 3.99. The summed E-state index contributed by atoms with van der Waals surface area (Å²) in [5.41, 5.74) is 2.45. The van der Waals surface area contributed by atoms with E-state index < -0.39 is 0 Å². The molecule has 1 saturated carbocycles. The van der Waals surface area contributed by atoms with Crippen molar-refractivity contribution in [2.45, 2.75) is 44.9 Å². The molecule has 2 heterocycles. The molecule has 0 spiro atoms. The van der Waals surface area contributed by atoms with Gasteiger partial charge in [-0.1, -0.05) is 55.8 Å². The van der Waals surface area contributed by atoms with Gasteiger partial charge in [-0.15, -0.1) is 5.10 Å². The molecule has 1 aliphatic carbocycles. The van der Waals surface area contributed by atoms with Crippen LogP contribution in [0.15, 0.2) is 42.7 Å². The lowest BCUT2D eigenvalue weighted by Gasteiger charge is -2.20. The van der Waals surface area contributed by atoms with E-state index >= 15 is 0 Å². The molecule has 0 radical (unpaired) electrons. The van der Waals surface area contributed by atoms with Crippen molar-refractivity contribution < 1.29 is 4.79 Å². The third-order valence-electron chi connectivity index (χ3n) is 5.29. The number of fused-ring (bicyclic) bond motifs is 1. The largest absolute Gasteiger partial charge is 0.309 e. The number of benzene rings is 1. The molecule has 4 rings (SSSR count). The SMILES string of the molecule is O=C(CCC1CCCCC1)Nc1nn2cccnc2c1-c1ccc(Cl)cc1. The summed E-state index contributed by atoms with van der Waals surface area (Å²) in [5.74, 6) is 1.24. The van der Waals surface area contributed by atoms with Gasteiger partial charge in [-0.3, -0.25) is 4.79 Å². The van der Waals surface area contributed by atoms with Crippen LogP contribution in [0.4, 0.5) is 5.82 Å². The van der Waals surface area contributed by atoms with Gasteiger partial charge in [0.2, 0.25) is 5.91 Å². The van der Waals surface area contributed by atoms with Crippen molar-refractivity contribution in [3.8, 4) is 11.1 Å². The Bertz CT molecular complexity index is 929. The van der Waals surface area contributed by atoms with Crippen molar-refractivity contribution in [1.29, 1.82) is 0 Å². The minimum Gasteiger partial charge on any atom is -0.309 e. The highest BCUT2D eigenvalue weighted by atomic mass is 35.5. The van der Waals surface area contributed by atoms with Crippen LogP contribution in [0.1, 0.15) is 44.9 Å². The summed E-state index contributed by atoms with van der Waals surface area (Å²) in [6, 6.07) is 9.33. The molecule has 0 bridgehead atoms. The summed E-state index contributed by atoms with van der Waals surface area (Å²) in [4.78, 5) is 17.0. The first kappa shape index (κ1) is 18.0. The first-order chi connectivity index (χ1) is 13.2. The molecule has 1 aliphatic rings. The predicted molar refractivity (Wildman–Crippen MR) is 108 cm³/mol. The highest BCUT2D eigenvalue weighted by Gasteiger charge is 2.19. The highest BCUT2D eigenvalue weighted by Crippen LogP contribution is 2.32. The van der Waals surface area contributed by atoms with E-state index in [2.05, 4.69) is 15.4 Å². The van der Waals surface area contributed by atoms with Crippen LogP contribution in [0.3, 0.4) is 0 Å². The smallest absolute Gasteiger partial charge is 0.225 e. The monoisotopic (exact) mass is 382 g/mol. The molecule has 5 nitrogen and oxygen atoms in total. The van der Waals surface area contributed by atoms with Crippen LogP contribution in [-0.4, -0.2) is 20.5 Å². The molecular weight excluding hydrogens is 360 g/mol. The minimum atomic E-state index is 0.0131. The number of aromatic nitrogens is 3. The van der Waals surface area contributed by atoms with Crippen molar-refractivity contribution >= 4 is 29.0 Å². The number of nitrogens with zero attached hydrogens (tertiary/aromatic N) is 3. The van der Waals surface area contributed by atoms with Crippen LogP contribution < -0.4 is 5.32 Å². The first-order valence-corrected chi connectivity index (χ1v) is 9.97. The topological polar surface area (TPSA) is 59.3 Å². The zero-order valence-electron chi connectivity index (χ0n) is 15.2. The molecule has 0 saturated heterocycles. The van der Waals surface area contributed by atoms with E-state index in [1.54, 1.807) is 10.7 Å². The third-order valence-corrected chi connectivity index (χ3v) is 5.54. The van der Waals surface area contributed by atoms with Gasteiger partial charge >= 0.3 is 0 Å². The number of nitrogens with one attached hydrogen (secondary N) is 1. The molecule has 27 heavy (non-hydrogen) atoms. The summed E-state index contributed by atoms with van der Waals surface area (Å²) >= 11 is 6.02. The molecule has 1 N–H and O–H groups in total. The first-order valence-electron chi connectivity index (χ1n) is 9.60. The number of hydrogen-bond acceptors (Lipinski definition) is 3. The summed E-state index contributed by atoms with van der Waals surface area (Å²) in [6.45, 7) is 0. The Kier molecular flexibility index (Phi) is 5.39. The normalized spacial score (nSPS) is 15.1. The van der Waals surface area contributed by atoms with Crippen LogP contribution in [0.25, 0.3) is 16.8 Å². The maximum Gasteiger partial charge on any atom is 0.225 e. The molecule has 0 atom stereocenters. The van der Waals surface area contributed by atoms with Gasteiger partial charge < -0.3 is 5.32 Å². The van der Waals surface area contributed by atoms with Crippen molar-refractivity contribution in [2.24, 2.45) is 5.92 Å². The Morgan fingerprint density at radius 2 is 1.96 bits per heavy atom. The number of carbonyl (C=O) groups is 1. The van der Waals surface area contributed by atoms with Gasteiger partial charge in [-0.25, -0.2) is 9.50 Å². The average molecular weight is 383 g/mol. The van der Waals surface area contributed by atoms with E-state index in [9.17, 15) is 4.79 Å². The second-order valence-corrected chi connectivity index (χ2v) is 7.65. The zero-order valence-corrected chi connectivity index (χ0v) is 16.0. The van der Waals surface area contributed by atoms with Crippen molar-refractivity contribution in [3.63, 3.8) is 0 Å². The fraction of sp³-hybridized carbons (Fsp3) is 0.381.